The first-order valence-corrected chi connectivity index (χ1v) is 3.81. The summed E-state index contributed by atoms with van der Waals surface area (Å²) in [5, 5.41) is 0. The average molecular weight is 170 g/mol. The van der Waals surface area contributed by atoms with Crippen LogP contribution in [0.25, 0.3) is 0 Å². The molecule has 12 heavy (non-hydrogen) atoms. The first-order chi connectivity index (χ1) is 5.77. The Labute approximate surface area is 69.0 Å². The predicted octanol–water partition coefficient (Wildman–Crippen LogP) is 2.56. The van der Waals surface area contributed by atoms with Gasteiger partial charge in [0, 0.05) is 12.0 Å². The molecule has 2 rings (SSSR count). The molecular formula is C9H8F2O. The van der Waals surface area contributed by atoms with Gasteiger partial charge in [-0.1, -0.05) is 0 Å². The van der Waals surface area contributed by atoms with E-state index in [1.54, 1.807) is 6.07 Å². The molecule has 0 radical (unpaired) electrons. The maximum Gasteiger partial charge on any atom is 0.263 e. The largest absolute Gasteiger partial charge is 0.493 e. The minimum Gasteiger partial charge on any atom is -0.493 e. The molecule has 0 amide bonds. The minimum absolute atomic E-state index is 0.0826. The second-order valence-electron chi connectivity index (χ2n) is 2.77. The van der Waals surface area contributed by atoms with Crippen LogP contribution in [0.3, 0.4) is 0 Å². The smallest absolute Gasteiger partial charge is 0.263 e. The zero-order valence-corrected chi connectivity index (χ0v) is 6.39. The van der Waals surface area contributed by atoms with Crippen molar-refractivity contribution in [2.45, 2.75) is 12.8 Å². The minimum atomic E-state index is -2.38. The van der Waals surface area contributed by atoms with Gasteiger partial charge < -0.3 is 4.74 Å². The highest BCUT2D eigenvalue weighted by Gasteiger charge is 2.15. The molecule has 1 aliphatic heterocycles. The maximum absolute atomic E-state index is 12.2. The van der Waals surface area contributed by atoms with Crippen molar-refractivity contribution in [2.75, 3.05) is 6.61 Å². The second kappa shape index (κ2) is 2.73. The van der Waals surface area contributed by atoms with Crippen molar-refractivity contribution in [3.05, 3.63) is 29.3 Å². The van der Waals surface area contributed by atoms with Gasteiger partial charge in [0.1, 0.15) is 5.75 Å². The summed E-state index contributed by atoms with van der Waals surface area (Å²) in [5.74, 6) is 0.749. The first kappa shape index (κ1) is 7.53. The third-order valence-corrected chi connectivity index (χ3v) is 1.97. The van der Waals surface area contributed by atoms with E-state index in [1.807, 2.05) is 0 Å². The van der Waals surface area contributed by atoms with E-state index >= 15 is 0 Å². The van der Waals surface area contributed by atoms with Crippen LogP contribution in [0.5, 0.6) is 5.75 Å². The SMILES string of the molecule is FC(F)c1ccc2c(c1)CCO2. The van der Waals surface area contributed by atoms with Gasteiger partial charge in [-0.3, -0.25) is 0 Å². The van der Waals surface area contributed by atoms with Crippen LogP contribution in [0.1, 0.15) is 17.6 Å². The van der Waals surface area contributed by atoms with Gasteiger partial charge in [-0.15, -0.1) is 0 Å². The number of ether oxygens (including phenoxy) is 1. The molecule has 3 heteroatoms. The molecule has 0 atom stereocenters. The van der Waals surface area contributed by atoms with Crippen LogP contribution in [0, 0.1) is 0 Å². The molecule has 1 nitrogen and oxygen atoms in total. The fourth-order valence-electron chi connectivity index (χ4n) is 1.34. The summed E-state index contributed by atoms with van der Waals surface area (Å²) < 4.78 is 29.6. The third-order valence-electron chi connectivity index (χ3n) is 1.97. The Morgan fingerprint density at radius 1 is 1.33 bits per heavy atom. The Bertz CT molecular complexity index is 297. The molecule has 0 N–H and O–H groups in total. The van der Waals surface area contributed by atoms with Gasteiger partial charge in [-0.2, -0.15) is 0 Å². The predicted molar refractivity (Wildman–Crippen MR) is 40.6 cm³/mol. The van der Waals surface area contributed by atoms with Gasteiger partial charge in [0.25, 0.3) is 6.43 Å². The molecule has 1 aromatic rings. The Kier molecular flexibility index (Phi) is 1.71. The molecule has 1 aromatic carbocycles. The highest BCUT2D eigenvalue weighted by Crippen LogP contribution is 2.29. The van der Waals surface area contributed by atoms with Crippen LogP contribution in [-0.2, 0) is 6.42 Å². The molecule has 1 aliphatic rings. The molecule has 0 saturated heterocycles. The fraction of sp³-hybridized carbons (Fsp3) is 0.333. The first-order valence-electron chi connectivity index (χ1n) is 3.81. The van der Waals surface area contributed by atoms with Gasteiger partial charge in [0.05, 0.1) is 6.61 Å². The number of hydrogen-bond acceptors (Lipinski definition) is 1. The van der Waals surface area contributed by atoms with E-state index in [4.69, 9.17) is 4.74 Å². The van der Waals surface area contributed by atoms with Crippen LogP contribution in [-0.4, -0.2) is 6.61 Å². The van der Waals surface area contributed by atoms with Crippen LogP contribution in [0.15, 0.2) is 18.2 Å². The van der Waals surface area contributed by atoms with Gasteiger partial charge >= 0.3 is 0 Å². The molecule has 0 saturated carbocycles. The van der Waals surface area contributed by atoms with E-state index in [-0.39, 0.29) is 5.56 Å². The summed E-state index contributed by atoms with van der Waals surface area (Å²) in [6.45, 7) is 0.613. The van der Waals surface area contributed by atoms with Crippen molar-refractivity contribution >= 4 is 0 Å². The van der Waals surface area contributed by atoms with Crippen LogP contribution >= 0.6 is 0 Å². The van der Waals surface area contributed by atoms with E-state index < -0.39 is 6.43 Å². The topological polar surface area (TPSA) is 9.23 Å². The lowest BCUT2D eigenvalue weighted by atomic mass is 10.1. The number of halogens is 2. The Hall–Kier alpha value is -1.12. The average Bonchev–Trinajstić information content (AvgIpc) is 2.49. The van der Waals surface area contributed by atoms with Crippen molar-refractivity contribution in [3.8, 4) is 5.75 Å². The standard InChI is InChI=1S/C9H8F2O/c10-9(11)7-1-2-8-6(5-7)3-4-12-8/h1-2,5,9H,3-4H2. The molecule has 0 aliphatic carbocycles. The van der Waals surface area contributed by atoms with E-state index in [2.05, 4.69) is 0 Å². The van der Waals surface area contributed by atoms with Gasteiger partial charge in [-0.25, -0.2) is 8.78 Å². The highest BCUT2D eigenvalue weighted by molar-refractivity contribution is 5.40. The number of benzene rings is 1. The molecule has 64 valence electrons. The van der Waals surface area contributed by atoms with Crippen molar-refractivity contribution < 1.29 is 13.5 Å². The molecule has 0 unspecified atom stereocenters. The Balaban J connectivity index is 2.39. The summed E-state index contributed by atoms with van der Waals surface area (Å²) >= 11 is 0. The summed E-state index contributed by atoms with van der Waals surface area (Å²) in [6.07, 6.45) is -1.63. The van der Waals surface area contributed by atoms with Crippen molar-refractivity contribution in [3.63, 3.8) is 0 Å². The lowest BCUT2D eigenvalue weighted by molar-refractivity contribution is 0.151. The summed E-state index contributed by atoms with van der Waals surface area (Å²) in [6, 6.07) is 4.55. The summed E-state index contributed by atoms with van der Waals surface area (Å²) in [7, 11) is 0. The molecule has 0 spiro atoms. The normalized spacial score (nSPS) is 14.6. The van der Waals surface area contributed by atoms with E-state index in [0.29, 0.717) is 6.61 Å². The van der Waals surface area contributed by atoms with Crippen LogP contribution < -0.4 is 4.74 Å². The number of alkyl halides is 2. The number of rotatable bonds is 1. The molecular weight excluding hydrogens is 162 g/mol. The molecule has 0 aromatic heterocycles. The van der Waals surface area contributed by atoms with Crippen LogP contribution in [0.2, 0.25) is 0 Å². The number of hydrogen-bond donors (Lipinski definition) is 0. The summed E-state index contributed by atoms with van der Waals surface area (Å²) in [5.41, 5.74) is 0.979. The Morgan fingerprint density at radius 2 is 2.17 bits per heavy atom. The fourth-order valence-corrected chi connectivity index (χ4v) is 1.34. The van der Waals surface area contributed by atoms with Crippen molar-refractivity contribution in [1.82, 2.24) is 0 Å². The quantitative estimate of drug-likeness (QED) is 0.629. The summed E-state index contributed by atoms with van der Waals surface area (Å²) in [4.78, 5) is 0. The van der Waals surface area contributed by atoms with Crippen LogP contribution in [0.4, 0.5) is 8.78 Å². The highest BCUT2D eigenvalue weighted by atomic mass is 19.3. The zero-order valence-electron chi connectivity index (χ0n) is 6.39. The van der Waals surface area contributed by atoms with E-state index in [1.165, 1.54) is 12.1 Å². The van der Waals surface area contributed by atoms with Gasteiger partial charge in [0.15, 0.2) is 0 Å². The van der Waals surface area contributed by atoms with Gasteiger partial charge in [0.2, 0.25) is 0 Å². The van der Waals surface area contributed by atoms with E-state index in [9.17, 15) is 8.78 Å². The zero-order chi connectivity index (χ0) is 8.55. The third kappa shape index (κ3) is 1.15. The Morgan fingerprint density at radius 3 is 2.92 bits per heavy atom. The van der Waals surface area contributed by atoms with Crippen molar-refractivity contribution in [2.24, 2.45) is 0 Å². The lowest BCUT2D eigenvalue weighted by Gasteiger charge is -2.01. The molecule has 0 fully saturated rings. The van der Waals surface area contributed by atoms with Crippen molar-refractivity contribution in [1.29, 1.82) is 0 Å². The monoisotopic (exact) mass is 170 g/mol. The maximum atomic E-state index is 12.2. The second-order valence-corrected chi connectivity index (χ2v) is 2.77. The lowest BCUT2D eigenvalue weighted by Crippen LogP contribution is -1.85. The van der Waals surface area contributed by atoms with Gasteiger partial charge in [-0.05, 0) is 23.8 Å². The molecule has 0 bridgehead atoms. The molecule has 1 heterocycles. The number of fused-ring (bicyclic) bond motifs is 1. The van der Waals surface area contributed by atoms with E-state index in [0.717, 1.165) is 17.7 Å².